The fourth-order valence-electron chi connectivity index (χ4n) is 2.08. The molecule has 1 saturated carbocycles. The summed E-state index contributed by atoms with van der Waals surface area (Å²) in [5.41, 5.74) is 0. The Kier molecular flexibility index (Phi) is 3.39. The average Bonchev–Trinajstić information content (AvgIpc) is 2.02. The van der Waals surface area contributed by atoms with Gasteiger partial charge in [0.15, 0.2) is 5.92 Å². The van der Waals surface area contributed by atoms with Gasteiger partial charge in [-0.3, -0.25) is 4.79 Å². The molecule has 0 aromatic heterocycles. The van der Waals surface area contributed by atoms with Gasteiger partial charge in [0.2, 0.25) is 0 Å². The molecule has 0 radical (unpaired) electrons. The van der Waals surface area contributed by atoms with Crippen molar-refractivity contribution in [1.82, 2.24) is 0 Å². The third-order valence-corrected chi connectivity index (χ3v) is 2.74. The number of rotatable bonds is 2. The number of alkyl halides is 3. The van der Waals surface area contributed by atoms with Crippen LogP contribution in [-0.2, 0) is 4.79 Å². The van der Waals surface area contributed by atoms with Gasteiger partial charge in [-0.05, 0) is 18.8 Å². The van der Waals surface area contributed by atoms with Crippen molar-refractivity contribution in [2.45, 2.75) is 38.3 Å². The first kappa shape index (κ1) is 11.3. The second-order valence-corrected chi connectivity index (χ2v) is 3.76. The molecule has 1 aliphatic carbocycles. The molecule has 0 bridgehead atoms. The molecular weight excluding hydrogens is 197 g/mol. The lowest BCUT2D eigenvalue weighted by atomic mass is 9.79. The molecule has 0 saturated heterocycles. The third kappa shape index (κ3) is 2.62. The molecule has 1 fully saturated rings. The standard InChI is InChI=1S/C9H13F3O2/c10-9(11,12)7(8(13)14)6-4-2-1-3-5-6/h6-7H,1-5H2,(H,13,14). The first-order chi connectivity index (χ1) is 6.43. The number of carboxylic acids is 1. The van der Waals surface area contributed by atoms with Crippen molar-refractivity contribution in [2.24, 2.45) is 11.8 Å². The third-order valence-electron chi connectivity index (χ3n) is 2.74. The molecule has 0 heterocycles. The summed E-state index contributed by atoms with van der Waals surface area (Å²) in [6, 6.07) is 0. The number of carboxylic acid groups (broad SMARTS) is 1. The zero-order valence-electron chi connectivity index (χ0n) is 7.68. The van der Waals surface area contributed by atoms with E-state index in [2.05, 4.69) is 0 Å². The number of hydrogen-bond donors (Lipinski definition) is 1. The van der Waals surface area contributed by atoms with E-state index in [-0.39, 0.29) is 0 Å². The molecule has 1 atom stereocenters. The zero-order chi connectivity index (χ0) is 10.8. The topological polar surface area (TPSA) is 37.3 Å². The van der Waals surface area contributed by atoms with Crippen LogP contribution in [0.3, 0.4) is 0 Å². The fraction of sp³-hybridized carbons (Fsp3) is 0.889. The van der Waals surface area contributed by atoms with E-state index in [0.29, 0.717) is 25.7 Å². The van der Waals surface area contributed by atoms with Gasteiger partial charge in [0, 0.05) is 0 Å². The van der Waals surface area contributed by atoms with E-state index in [0.717, 1.165) is 6.42 Å². The maximum atomic E-state index is 12.4. The van der Waals surface area contributed by atoms with Gasteiger partial charge in [-0.1, -0.05) is 19.3 Å². The summed E-state index contributed by atoms with van der Waals surface area (Å²) in [6.45, 7) is 0. The Morgan fingerprint density at radius 2 is 1.71 bits per heavy atom. The van der Waals surface area contributed by atoms with Crippen LogP contribution in [0.5, 0.6) is 0 Å². The molecule has 1 N–H and O–H groups in total. The van der Waals surface area contributed by atoms with E-state index < -0.39 is 24.0 Å². The van der Waals surface area contributed by atoms with Crippen LogP contribution in [0.25, 0.3) is 0 Å². The van der Waals surface area contributed by atoms with Crippen molar-refractivity contribution < 1.29 is 23.1 Å². The molecule has 1 aliphatic rings. The van der Waals surface area contributed by atoms with Crippen LogP contribution in [0.2, 0.25) is 0 Å². The molecule has 0 amide bonds. The molecule has 0 aromatic rings. The van der Waals surface area contributed by atoms with Crippen LogP contribution < -0.4 is 0 Å². The minimum absolute atomic E-state index is 0.385. The van der Waals surface area contributed by atoms with Gasteiger partial charge in [-0.25, -0.2) is 0 Å². The normalized spacial score (nSPS) is 21.9. The van der Waals surface area contributed by atoms with Gasteiger partial charge in [0.1, 0.15) is 0 Å². The molecule has 1 unspecified atom stereocenters. The van der Waals surface area contributed by atoms with E-state index in [1.807, 2.05) is 0 Å². The number of carbonyl (C=O) groups is 1. The molecule has 0 aliphatic heterocycles. The Bertz CT molecular complexity index is 207. The van der Waals surface area contributed by atoms with E-state index in [1.165, 1.54) is 0 Å². The Morgan fingerprint density at radius 1 is 1.21 bits per heavy atom. The molecule has 1 rings (SSSR count). The Morgan fingerprint density at radius 3 is 2.07 bits per heavy atom. The van der Waals surface area contributed by atoms with Crippen molar-refractivity contribution in [2.75, 3.05) is 0 Å². The summed E-state index contributed by atoms with van der Waals surface area (Å²) in [7, 11) is 0. The van der Waals surface area contributed by atoms with Gasteiger partial charge < -0.3 is 5.11 Å². The van der Waals surface area contributed by atoms with Crippen molar-refractivity contribution in [1.29, 1.82) is 0 Å². The first-order valence-electron chi connectivity index (χ1n) is 4.72. The summed E-state index contributed by atoms with van der Waals surface area (Å²) >= 11 is 0. The molecule has 5 heteroatoms. The van der Waals surface area contributed by atoms with E-state index in [4.69, 9.17) is 5.11 Å². The van der Waals surface area contributed by atoms with Crippen molar-refractivity contribution in [3.63, 3.8) is 0 Å². The van der Waals surface area contributed by atoms with E-state index in [1.54, 1.807) is 0 Å². The summed E-state index contributed by atoms with van der Waals surface area (Å²) in [5, 5.41) is 8.54. The molecule has 14 heavy (non-hydrogen) atoms. The number of hydrogen-bond acceptors (Lipinski definition) is 1. The lowest BCUT2D eigenvalue weighted by molar-refractivity contribution is -0.205. The largest absolute Gasteiger partial charge is 0.481 e. The summed E-state index contributed by atoms with van der Waals surface area (Å²) in [6.07, 6.45) is -1.49. The monoisotopic (exact) mass is 210 g/mol. The molecule has 0 spiro atoms. The zero-order valence-corrected chi connectivity index (χ0v) is 7.68. The molecule has 82 valence electrons. The maximum Gasteiger partial charge on any atom is 0.402 e. The number of halogens is 3. The summed E-state index contributed by atoms with van der Waals surface area (Å²) in [5.74, 6) is -4.62. The summed E-state index contributed by atoms with van der Waals surface area (Å²) < 4.78 is 37.1. The van der Waals surface area contributed by atoms with Crippen molar-refractivity contribution >= 4 is 5.97 Å². The lowest BCUT2D eigenvalue weighted by Crippen LogP contribution is -2.37. The van der Waals surface area contributed by atoms with Gasteiger partial charge in [-0.15, -0.1) is 0 Å². The highest BCUT2D eigenvalue weighted by Crippen LogP contribution is 2.39. The van der Waals surface area contributed by atoms with Crippen molar-refractivity contribution in [3.05, 3.63) is 0 Å². The van der Waals surface area contributed by atoms with Gasteiger partial charge in [0.25, 0.3) is 0 Å². The Labute approximate surface area is 80.1 Å². The van der Waals surface area contributed by atoms with Crippen LogP contribution in [0.15, 0.2) is 0 Å². The lowest BCUT2D eigenvalue weighted by Gasteiger charge is -2.28. The number of aliphatic carboxylic acids is 1. The van der Waals surface area contributed by atoms with Crippen LogP contribution in [0.4, 0.5) is 13.2 Å². The second kappa shape index (κ2) is 4.19. The van der Waals surface area contributed by atoms with Gasteiger partial charge in [0.05, 0.1) is 0 Å². The molecular formula is C9H13F3O2. The second-order valence-electron chi connectivity index (χ2n) is 3.76. The summed E-state index contributed by atoms with van der Waals surface area (Å²) in [4.78, 5) is 10.5. The first-order valence-corrected chi connectivity index (χ1v) is 4.72. The predicted molar refractivity (Wildman–Crippen MR) is 43.8 cm³/mol. The quantitative estimate of drug-likeness (QED) is 0.760. The highest BCUT2D eigenvalue weighted by Gasteiger charge is 2.49. The highest BCUT2D eigenvalue weighted by molar-refractivity contribution is 5.71. The van der Waals surface area contributed by atoms with Crippen LogP contribution in [-0.4, -0.2) is 17.3 Å². The van der Waals surface area contributed by atoms with Gasteiger partial charge >= 0.3 is 12.1 Å². The molecule has 0 aromatic carbocycles. The van der Waals surface area contributed by atoms with E-state index >= 15 is 0 Å². The van der Waals surface area contributed by atoms with E-state index in [9.17, 15) is 18.0 Å². The predicted octanol–water partition coefficient (Wildman–Crippen LogP) is 2.83. The minimum atomic E-state index is -4.60. The average molecular weight is 210 g/mol. The molecule has 2 nitrogen and oxygen atoms in total. The van der Waals surface area contributed by atoms with Gasteiger partial charge in [-0.2, -0.15) is 13.2 Å². The van der Waals surface area contributed by atoms with Crippen LogP contribution >= 0.6 is 0 Å². The maximum absolute atomic E-state index is 12.4. The smallest absolute Gasteiger partial charge is 0.402 e. The van der Waals surface area contributed by atoms with Crippen LogP contribution in [0.1, 0.15) is 32.1 Å². The Balaban J connectivity index is 2.71. The van der Waals surface area contributed by atoms with Crippen LogP contribution in [0, 0.1) is 11.8 Å². The fourth-order valence-corrected chi connectivity index (χ4v) is 2.08. The van der Waals surface area contributed by atoms with Crippen molar-refractivity contribution in [3.8, 4) is 0 Å². The Hall–Kier alpha value is -0.740. The highest BCUT2D eigenvalue weighted by atomic mass is 19.4. The SMILES string of the molecule is O=C(O)C(C1CCCCC1)C(F)(F)F. The minimum Gasteiger partial charge on any atom is -0.481 e.